The molecule has 110 valence electrons. The number of rotatable bonds is 6. The van der Waals surface area contributed by atoms with Gasteiger partial charge in [-0.2, -0.15) is 0 Å². The molecule has 0 radical (unpaired) electrons. The first-order chi connectivity index (χ1) is 9.69. The first kappa shape index (κ1) is 15.0. The molecule has 1 fully saturated rings. The first-order valence-electron chi connectivity index (χ1n) is 7.44. The predicted octanol–water partition coefficient (Wildman–Crippen LogP) is 2.71. The molecule has 0 spiro atoms. The maximum absolute atomic E-state index is 13.2. The Morgan fingerprint density at radius 2 is 2.35 bits per heavy atom. The topological polar surface area (TPSA) is 32.3 Å². The molecule has 0 saturated carbocycles. The summed E-state index contributed by atoms with van der Waals surface area (Å²) in [5.74, 6) is -0.0911. The summed E-state index contributed by atoms with van der Waals surface area (Å²) in [6, 6.07) is 6.96. The number of benzene rings is 1. The van der Waals surface area contributed by atoms with Gasteiger partial charge in [0, 0.05) is 25.6 Å². The molecular formula is C16H23FN2O. The number of nitrogens with one attached hydrogen (secondary N) is 1. The average molecular weight is 278 g/mol. The largest absolute Gasteiger partial charge is 0.339 e. The van der Waals surface area contributed by atoms with E-state index in [0.29, 0.717) is 25.6 Å². The quantitative estimate of drug-likeness (QED) is 0.867. The van der Waals surface area contributed by atoms with Crippen molar-refractivity contribution in [3.63, 3.8) is 0 Å². The molecule has 0 bridgehead atoms. The van der Waals surface area contributed by atoms with Crippen molar-refractivity contribution >= 4 is 5.91 Å². The second kappa shape index (κ2) is 7.39. The summed E-state index contributed by atoms with van der Waals surface area (Å²) in [6.07, 6.45) is 3.85. The van der Waals surface area contributed by atoms with Crippen LogP contribution in [0.15, 0.2) is 24.3 Å². The van der Waals surface area contributed by atoms with Gasteiger partial charge < -0.3 is 10.2 Å². The lowest BCUT2D eigenvalue weighted by molar-refractivity contribution is -0.131. The second-order valence-electron chi connectivity index (χ2n) is 5.37. The molecule has 0 aromatic heterocycles. The summed E-state index contributed by atoms with van der Waals surface area (Å²) in [5.41, 5.74) is 0.846. The van der Waals surface area contributed by atoms with E-state index in [1.165, 1.54) is 25.0 Å². The van der Waals surface area contributed by atoms with E-state index in [9.17, 15) is 9.18 Å². The van der Waals surface area contributed by atoms with Gasteiger partial charge in [0.2, 0.25) is 5.91 Å². The van der Waals surface area contributed by atoms with E-state index in [1.54, 1.807) is 11.0 Å². The molecule has 3 nitrogen and oxygen atoms in total. The van der Waals surface area contributed by atoms with Crippen LogP contribution in [0.2, 0.25) is 0 Å². The molecule has 1 aromatic rings. The van der Waals surface area contributed by atoms with Crippen LogP contribution in [0.1, 0.15) is 38.2 Å². The zero-order valence-corrected chi connectivity index (χ0v) is 12.1. The van der Waals surface area contributed by atoms with Crippen molar-refractivity contribution in [1.29, 1.82) is 0 Å². The third-order valence-electron chi connectivity index (χ3n) is 3.87. The third kappa shape index (κ3) is 4.30. The number of nitrogens with zero attached hydrogens (tertiary/aromatic N) is 1. The highest BCUT2D eigenvalue weighted by atomic mass is 19.1. The zero-order valence-electron chi connectivity index (χ0n) is 12.1. The molecule has 2 rings (SSSR count). The fraction of sp³-hybridized carbons (Fsp3) is 0.562. The van der Waals surface area contributed by atoms with Crippen LogP contribution in [0.25, 0.3) is 0 Å². The average Bonchev–Trinajstić information content (AvgIpc) is 2.95. The van der Waals surface area contributed by atoms with Crippen LogP contribution in [0.3, 0.4) is 0 Å². The van der Waals surface area contributed by atoms with Crippen LogP contribution >= 0.6 is 0 Å². The summed E-state index contributed by atoms with van der Waals surface area (Å²) in [7, 11) is 0. The van der Waals surface area contributed by atoms with E-state index in [-0.39, 0.29) is 11.7 Å². The summed E-state index contributed by atoms with van der Waals surface area (Å²) in [4.78, 5) is 14.0. The lowest BCUT2D eigenvalue weighted by atomic mass is 10.1. The lowest BCUT2D eigenvalue weighted by Gasteiger charge is -2.22. The predicted molar refractivity (Wildman–Crippen MR) is 77.7 cm³/mol. The van der Waals surface area contributed by atoms with Gasteiger partial charge in [-0.05, 0) is 50.4 Å². The number of amides is 1. The van der Waals surface area contributed by atoms with Gasteiger partial charge >= 0.3 is 0 Å². The fourth-order valence-corrected chi connectivity index (χ4v) is 2.69. The Morgan fingerprint density at radius 3 is 3.00 bits per heavy atom. The van der Waals surface area contributed by atoms with Crippen molar-refractivity contribution in [3.05, 3.63) is 35.6 Å². The summed E-state index contributed by atoms with van der Waals surface area (Å²) in [6.45, 7) is 4.18. The van der Waals surface area contributed by atoms with E-state index in [1.807, 2.05) is 13.0 Å². The first-order valence-corrected chi connectivity index (χ1v) is 7.44. The van der Waals surface area contributed by atoms with Gasteiger partial charge in [-0.25, -0.2) is 4.39 Å². The molecular weight excluding hydrogens is 255 g/mol. The maximum Gasteiger partial charge on any atom is 0.222 e. The normalized spacial score (nSPS) is 18.2. The molecule has 1 unspecified atom stereocenters. The minimum absolute atomic E-state index is 0.158. The third-order valence-corrected chi connectivity index (χ3v) is 3.87. The molecule has 1 saturated heterocycles. The highest BCUT2D eigenvalue weighted by Crippen LogP contribution is 2.13. The molecule has 1 heterocycles. The van der Waals surface area contributed by atoms with Crippen molar-refractivity contribution < 1.29 is 9.18 Å². The van der Waals surface area contributed by atoms with Crippen LogP contribution < -0.4 is 5.32 Å². The van der Waals surface area contributed by atoms with Crippen molar-refractivity contribution in [2.45, 2.75) is 45.2 Å². The number of hydrogen-bond acceptors (Lipinski definition) is 2. The van der Waals surface area contributed by atoms with Gasteiger partial charge in [-0.3, -0.25) is 4.79 Å². The monoisotopic (exact) mass is 278 g/mol. The second-order valence-corrected chi connectivity index (χ2v) is 5.37. The van der Waals surface area contributed by atoms with Crippen LogP contribution in [-0.4, -0.2) is 29.9 Å². The highest BCUT2D eigenvalue weighted by molar-refractivity contribution is 5.76. The van der Waals surface area contributed by atoms with E-state index >= 15 is 0 Å². The van der Waals surface area contributed by atoms with Crippen LogP contribution in [0, 0.1) is 5.82 Å². The molecule has 4 heteroatoms. The SMILES string of the molecule is CCN(Cc1cccc(F)c1)C(=O)CCC1CCCN1. The van der Waals surface area contributed by atoms with Gasteiger partial charge in [0.05, 0.1) is 0 Å². The Hall–Kier alpha value is -1.42. The van der Waals surface area contributed by atoms with E-state index in [4.69, 9.17) is 0 Å². The summed E-state index contributed by atoms with van der Waals surface area (Å²) in [5, 5.41) is 3.41. The molecule has 0 aliphatic carbocycles. The Bertz CT molecular complexity index is 444. The van der Waals surface area contributed by atoms with Crippen molar-refractivity contribution in [1.82, 2.24) is 10.2 Å². The van der Waals surface area contributed by atoms with Crippen LogP contribution in [-0.2, 0) is 11.3 Å². The Kier molecular flexibility index (Phi) is 5.53. The van der Waals surface area contributed by atoms with Crippen LogP contribution in [0.4, 0.5) is 4.39 Å². The maximum atomic E-state index is 13.2. The van der Waals surface area contributed by atoms with E-state index < -0.39 is 0 Å². The molecule has 1 aromatic carbocycles. The highest BCUT2D eigenvalue weighted by Gasteiger charge is 2.18. The number of hydrogen-bond donors (Lipinski definition) is 1. The summed E-state index contributed by atoms with van der Waals surface area (Å²) >= 11 is 0. The van der Waals surface area contributed by atoms with Crippen molar-refractivity contribution in [2.75, 3.05) is 13.1 Å². The molecule has 1 aliphatic rings. The minimum Gasteiger partial charge on any atom is -0.339 e. The van der Waals surface area contributed by atoms with Gasteiger partial charge in [0.25, 0.3) is 0 Å². The number of carbonyl (C=O) groups excluding carboxylic acids is 1. The van der Waals surface area contributed by atoms with Gasteiger partial charge in [0.1, 0.15) is 5.82 Å². The number of halogens is 1. The molecule has 1 amide bonds. The zero-order chi connectivity index (χ0) is 14.4. The Morgan fingerprint density at radius 1 is 1.50 bits per heavy atom. The smallest absolute Gasteiger partial charge is 0.222 e. The minimum atomic E-state index is -0.249. The molecule has 20 heavy (non-hydrogen) atoms. The fourth-order valence-electron chi connectivity index (χ4n) is 2.69. The number of carbonyl (C=O) groups is 1. The van der Waals surface area contributed by atoms with Crippen LogP contribution in [0.5, 0.6) is 0 Å². The standard InChI is InChI=1S/C16H23FN2O/c1-2-19(12-13-5-3-6-14(17)11-13)16(20)9-8-15-7-4-10-18-15/h3,5-6,11,15,18H,2,4,7-10,12H2,1H3. The Labute approximate surface area is 120 Å². The van der Waals surface area contributed by atoms with E-state index in [0.717, 1.165) is 18.5 Å². The van der Waals surface area contributed by atoms with Gasteiger partial charge in [-0.1, -0.05) is 12.1 Å². The van der Waals surface area contributed by atoms with Gasteiger partial charge in [0.15, 0.2) is 0 Å². The summed E-state index contributed by atoms with van der Waals surface area (Å²) < 4.78 is 13.2. The lowest BCUT2D eigenvalue weighted by Crippen LogP contribution is -2.32. The molecule has 1 atom stereocenters. The van der Waals surface area contributed by atoms with Crippen molar-refractivity contribution in [2.24, 2.45) is 0 Å². The Balaban J connectivity index is 1.85. The van der Waals surface area contributed by atoms with E-state index in [2.05, 4.69) is 5.32 Å². The van der Waals surface area contributed by atoms with Gasteiger partial charge in [-0.15, -0.1) is 0 Å². The van der Waals surface area contributed by atoms with Crippen molar-refractivity contribution in [3.8, 4) is 0 Å². The molecule has 1 N–H and O–H groups in total. The molecule has 1 aliphatic heterocycles.